The van der Waals surface area contributed by atoms with Gasteiger partial charge < -0.3 is 15.1 Å². The van der Waals surface area contributed by atoms with Gasteiger partial charge in [0, 0.05) is 37.5 Å². The Morgan fingerprint density at radius 2 is 2.00 bits per heavy atom. The number of hydrogen-bond acceptors (Lipinski definition) is 4. The SMILES string of the molecule is Cc1ccc(-c2cnc(CCC(=O)N3CCC(C)CC3CN)o2)cc1.Cl.Cl. The van der Waals surface area contributed by atoms with E-state index in [1.54, 1.807) is 6.20 Å². The monoisotopic (exact) mass is 413 g/mol. The van der Waals surface area contributed by atoms with Crippen LogP contribution in [0.15, 0.2) is 34.9 Å². The third-order valence-corrected chi connectivity index (χ3v) is 5.01. The fourth-order valence-electron chi connectivity index (χ4n) is 3.44. The van der Waals surface area contributed by atoms with Gasteiger partial charge in [-0.2, -0.15) is 0 Å². The van der Waals surface area contributed by atoms with Gasteiger partial charge in [0.25, 0.3) is 0 Å². The van der Waals surface area contributed by atoms with Crippen molar-refractivity contribution in [2.45, 2.75) is 45.6 Å². The lowest BCUT2D eigenvalue weighted by Crippen LogP contribution is -2.49. The Kier molecular flexibility index (Phi) is 9.30. The molecule has 0 radical (unpaired) electrons. The number of carbonyl (C=O) groups is 1. The second kappa shape index (κ2) is 10.7. The minimum atomic E-state index is 0. The Labute approximate surface area is 173 Å². The molecule has 7 heteroatoms. The maximum Gasteiger partial charge on any atom is 0.223 e. The molecule has 1 aromatic carbocycles. The summed E-state index contributed by atoms with van der Waals surface area (Å²) in [7, 11) is 0. The largest absolute Gasteiger partial charge is 0.441 e. The molecule has 2 heterocycles. The average Bonchev–Trinajstić information content (AvgIpc) is 3.09. The van der Waals surface area contributed by atoms with Crippen LogP contribution >= 0.6 is 24.8 Å². The van der Waals surface area contributed by atoms with E-state index in [2.05, 4.69) is 18.8 Å². The number of nitrogens with zero attached hydrogens (tertiary/aromatic N) is 2. The number of benzene rings is 1. The summed E-state index contributed by atoms with van der Waals surface area (Å²) < 4.78 is 5.81. The molecule has 27 heavy (non-hydrogen) atoms. The highest BCUT2D eigenvalue weighted by atomic mass is 35.5. The molecule has 3 rings (SSSR count). The highest BCUT2D eigenvalue weighted by Crippen LogP contribution is 2.24. The molecule has 1 fully saturated rings. The van der Waals surface area contributed by atoms with E-state index in [1.165, 1.54) is 5.56 Å². The molecule has 2 atom stereocenters. The van der Waals surface area contributed by atoms with Crippen molar-refractivity contribution in [3.63, 3.8) is 0 Å². The first kappa shape index (κ1) is 23.5. The molecule has 1 amide bonds. The van der Waals surface area contributed by atoms with Crippen LogP contribution in [0.5, 0.6) is 0 Å². The summed E-state index contributed by atoms with van der Waals surface area (Å²) in [5, 5.41) is 0. The van der Waals surface area contributed by atoms with Crippen molar-refractivity contribution in [1.82, 2.24) is 9.88 Å². The molecule has 150 valence electrons. The molecule has 1 aliphatic rings. The number of likely N-dealkylation sites (tertiary alicyclic amines) is 1. The van der Waals surface area contributed by atoms with Gasteiger partial charge in [-0.25, -0.2) is 4.98 Å². The first-order valence-corrected chi connectivity index (χ1v) is 9.08. The van der Waals surface area contributed by atoms with Crippen LogP contribution in [-0.4, -0.2) is 34.9 Å². The molecule has 5 nitrogen and oxygen atoms in total. The van der Waals surface area contributed by atoms with Crippen LogP contribution in [0.4, 0.5) is 0 Å². The van der Waals surface area contributed by atoms with Crippen molar-refractivity contribution in [1.29, 1.82) is 0 Å². The Hall–Kier alpha value is -1.56. The Balaban J connectivity index is 0.00000182. The molecule has 0 bridgehead atoms. The van der Waals surface area contributed by atoms with E-state index in [4.69, 9.17) is 10.2 Å². The van der Waals surface area contributed by atoms with Crippen LogP contribution in [0, 0.1) is 12.8 Å². The molecule has 1 aliphatic heterocycles. The number of piperidine rings is 1. The van der Waals surface area contributed by atoms with Gasteiger partial charge in [-0.3, -0.25) is 4.79 Å². The summed E-state index contributed by atoms with van der Waals surface area (Å²) in [5.74, 6) is 2.14. The van der Waals surface area contributed by atoms with Crippen molar-refractivity contribution in [3.8, 4) is 11.3 Å². The van der Waals surface area contributed by atoms with Crippen LogP contribution in [-0.2, 0) is 11.2 Å². The second-order valence-electron chi connectivity index (χ2n) is 7.09. The first-order chi connectivity index (χ1) is 12.1. The second-order valence-corrected chi connectivity index (χ2v) is 7.09. The number of aryl methyl sites for hydroxylation is 2. The van der Waals surface area contributed by atoms with E-state index < -0.39 is 0 Å². The fraction of sp³-hybridized carbons (Fsp3) is 0.500. The predicted octanol–water partition coefficient (Wildman–Crippen LogP) is 4.01. The molecule has 1 aromatic heterocycles. The zero-order chi connectivity index (χ0) is 17.8. The zero-order valence-corrected chi connectivity index (χ0v) is 17.5. The number of hydrogen-bond donors (Lipinski definition) is 1. The minimum absolute atomic E-state index is 0. The molecular weight excluding hydrogens is 385 g/mol. The maximum atomic E-state index is 12.6. The number of carbonyl (C=O) groups excluding carboxylic acids is 1. The maximum absolute atomic E-state index is 12.6. The molecule has 0 aliphatic carbocycles. The highest BCUT2D eigenvalue weighted by molar-refractivity contribution is 5.85. The number of amides is 1. The van der Waals surface area contributed by atoms with Gasteiger partial charge >= 0.3 is 0 Å². The topological polar surface area (TPSA) is 72.4 Å². The third-order valence-electron chi connectivity index (χ3n) is 5.01. The molecule has 2 aromatic rings. The van der Waals surface area contributed by atoms with Gasteiger partial charge in [0.2, 0.25) is 5.91 Å². The van der Waals surface area contributed by atoms with Gasteiger partial charge in [0.15, 0.2) is 11.7 Å². The van der Waals surface area contributed by atoms with Gasteiger partial charge in [0.1, 0.15) is 0 Å². The molecule has 0 spiro atoms. The fourth-order valence-corrected chi connectivity index (χ4v) is 3.44. The predicted molar refractivity (Wildman–Crippen MR) is 112 cm³/mol. The number of halogens is 2. The smallest absolute Gasteiger partial charge is 0.223 e. The standard InChI is InChI=1S/C20H27N3O2.2ClH/c1-14-3-5-16(6-4-14)18-13-22-19(25-18)7-8-20(24)23-10-9-15(2)11-17(23)12-21;;/h3-6,13,15,17H,7-12,21H2,1-2H3;2*1H. The molecule has 0 saturated carbocycles. The summed E-state index contributed by atoms with van der Waals surface area (Å²) in [6, 6.07) is 8.30. The van der Waals surface area contributed by atoms with Crippen LogP contribution in [0.1, 0.15) is 37.6 Å². The van der Waals surface area contributed by atoms with E-state index in [9.17, 15) is 4.79 Å². The number of nitrogens with two attached hydrogens (primary N) is 1. The van der Waals surface area contributed by atoms with E-state index in [1.807, 2.05) is 29.2 Å². The van der Waals surface area contributed by atoms with E-state index in [-0.39, 0.29) is 36.8 Å². The quantitative estimate of drug-likeness (QED) is 0.803. The molecule has 2 N–H and O–H groups in total. The molecule has 1 saturated heterocycles. The van der Waals surface area contributed by atoms with Gasteiger partial charge in [-0.05, 0) is 25.7 Å². The summed E-state index contributed by atoms with van der Waals surface area (Å²) >= 11 is 0. The minimum Gasteiger partial charge on any atom is -0.441 e. The van der Waals surface area contributed by atoms with Crippen molar-refractivity contribution >= 4 is 30.7 Å². The zero-order valence-electron chi connectivity index (χ0n) is 15.9. The molecular formula is C20H29Cl2N3O2. The van der Waals surface area contributed by atoms with Crippen molar-refractivity contribution < 1.29 is 9.21 Å². The summed E-state index contributed by atoms with van der Waals surface area (Å²) in [4.78, 5) is 18.8. The van der Waals surface area contributed by atoms with Gasteiger partial charge in [0.05, 0.1) is 6.20 Å². The summed E-state index contributed by atoms with van der Waals surface area (Å²) in [6.45, 7) is 5.62. The van der Waals surface area contributed by atoms with Crippen LogP contribution in [0.3, 0.4) is 0 Å². The van der Waals surface area contributed by atoms with Crippen LogP contribution in [0.25, 0.3) is 11.3 Å². The molecule has 2 unspecified atom stereocenters. The normalized spacial score (nSPS) is 19.1. The summed E-state index contributed by atoms with van der Waals surface area (Å²) in [5.41, 5.74) is 8.07. The van der Waals surface area contributed by atoms with Gasteiger partial charge in [-0.1, -0.05) is 36.8 Å². The van der Waals surface area contributed by atoms with E-state index in [0.717, 1.165) is 30.7 Å². The average molecular weight is 414 g/mol. The van der Waals surface area contributed by atoms with Crippen LogP contribution in [0.2, 0.25) is 0 Å². The third kappa shape index (κ3) is 5.96. The Bertz CT molecular complexity index is 718. The number of rotatable bonds is 5. The highest BCUT2D eigenvalue weighted by Gasteiger charge is 2.28. The number of oxazole rings is 1. The first-order valence-electron chi connectivity index (χ1n) is 9.08. The van der Waals surface area contributed by atoms with E-state index >= 15 is 0 Å². The Morgan fingerprint density at radius 3 is 2.67 bits per heavy atom. The summed E-state index contributed by atoms with van der Waals surface area (Å²) in [6.07, 6.45) is 4.72. The Morgan fingerprint density at radius 1 is 1.30 bits per heavy atom. The number of aromatic nitrogens is 1. The van der Waals surface area contributed by atoms with Crippen molar-refractivity contribution in [2.75, 3.05) is 13.1 Å². The lowest BCUT2D eigenvalue weighted by molar-refractivity contribution is -0.135. The van der Waals surface area contributed by atoms with Crippen molar-refractivity contribution in [3.05, 3.63) is 41.9 Å². The lowest BCUT2D eigenvalue weighted by atomic mass is 9.92. The lowest BCUT2D eigenvalue weighted by Gasteiger charge is -2.38. The van der Waals surface area contributed by atoms with Crippen molar-refractivity contribution in [2.24, 2.45) is 11.7 Å². The van der Waals surface area contributed by atoms with E-state index in [0.29, 0.717) is 31.2 Å². The van der Waals surface area contributed by atoms with Gasteiger partial charge in [-0.15, -0.1) is 24.8 Å². The van der Waals surface area contributed by atoms with Crippen LogP contribution < -0.4 is 5.73 Å².